The van der Waals surface area contributed by atoms with Gasteiger partial charge in [0.05, 0.1) is 35.5 Å². The molecule has 2 saturated heterocycles. The molecule has 8 atom stereocenters. The van der Waals surface area contributed by atoms with Crippen molar-refractivity contribution in [2.24, 2.45) is 0 Å². The molecule has 6 aromatic rings. The molecule has 6 aromatic carbocycles. The number of terminal acetylenes is 1. The third-order valence-electron chi connectivity index (χ3n) is 14.3. The number of esters is 4. The molecule has 0 spiro atoms. The number of ether oxygens (including phenoxy) is 9. The Kier molecular flexibility index (Phi) is 17.8. The van der Waals surface area contributed by atoms with Crippen molar-refractivity contribution in [3.05, 3.63) is 204 Å². The average Bonchev–Trinajstić information content (AvgIpc) is 4.10. The number of rotatable bonds is 18. The summed E-state index contributed by atoms with van der Waals surface area (Å²) in [7, 11) is -3.30. The lowest BCUT2D eigenvalue weighted by Crippen LogP contribution is -2.67. The number of carbonyl (C=O) groups is 5. The zero-order valence-electron chi connectivity index (χ0n) is 44.1. The highest BCUT2D eigenvalue weighted by atomic mass is 28.4. The average molecular weight is 1090 g/mol. The molecule has 0 unspecified atom stereocenters. The standard InChI is InChI=1S/C63H62O15Si/c1-5-63(39-25-12-26-40-63)78-61(68)77-60-54(76-58(67)46-33-19-9-20-34-46)51(73-55(64)43-27-13-6-14-28-43)49(72-60)41-69-59-53(75-57(66)45-31-17-8-18-32-45)52(74-56(65)44-29-15-7-16-30-44)50(71-59)42-70-79(62(2,3)4,47-35-21-10-22-36-47)48-37-23-11-24-38-48/h1,6-11,13-24,27-38,49-54,59-60H,12,25-26,39-42H2,2-4H3/t49-,50-,51-,52-,53+,54+,59+,60-/m1/s1. The molecule has 15 nitrogen and oxygen atoms in total. The van der Waals surface area contributed by atoms with E-state index in [9.17, 15) is 24.0 Å². The molecule has 0 radical (unpaired) electrons. The third kappa shape index (κ3) is 13.0. The Labute approximate surface area is 460 Å². The van der Waals surface area contributed by atoms with Crippen LogP contribution in [-0.4, -0.2) is 106 Å². The smallest absolute Gasteiger partial charge is 0.452 e. The molecule has 9 rings (SSSR count). The van der Waals surface area contributed by atoms with Crippen molar-refractivity contribution in [1.82, 2.24) is 0 Å². The molecule has 3 fully saturated rings. The van der Waals surface area contributed by atoms with E-state index in [-0.39, 0.29) is 28.9 Å². The van der Waals surface area contributed by atoms with Gasteiger partial charge in [0, 0.05) is 0 Å². The number of hydrogen-bond acceptors (Lipinski definition) is 15. The molecule has 1 aliphatic carbocycles. The summed E-state index contributed by atoms with van der Waals surface area (Å²) in [5.74, 6) is -0.599. The molecule has 2 aliphatic heterocycles. The van der Waals surface area contributed by atoms with Crippen molar-refractivity contribution in [2.45, 2.75) is 113 Å². The van der Waals surface area contributed by atoms with Crippen LogP contribution in [0.15, 0.2) is 182 Å². The van der Waals surface area contributed by atoms with Crippen LogP contribution in [0, 0.1) is 12.3 Å². The first-order chi connectivity index (χ1) is 38.3. The second kappa shape index (κ2) is 25.3. The van der Waals surface area contributed by atoms with Gasteiger partial charge < -0.3 is 47.1 Å². The van der Waals surface area contributed by atoms with Crippen molar-refractivity contribution in [1.29, 1.82) is 0 Å². The molecule has 79 heavy (non-hydrogen) atoms. The van der Waals surface area contributed by atoms with Crippen LogP contribution in [0.2, 0.25) is 5.04 Å². The predicted octanol–water partition coefficient (Wildman–Crippen LogP) is 9.42. The number of carbonyl (C=O) groups excluding carboxylic acids is 5. The summed E-state index contributed by atoms with van der Waals surface area (Å²) < 4.78 is 63.7. The van der Waals surface area contributed by atoms with Gasteiger partial charge >= 0.3 is 30.0 Å². The summed E-state index contributed by atoms with van der Waals surface area (Å²) in [6.07, 6.45) is -4.02. The molecule has 0 aromatic heterocycles. The minimum Gasteiger partial charge on any atom is -0.452 e. The van der Waals surface area contributed by atoms with E-state index in [4.69, 9.17) is 53.5 Å². The van der Waals surface area contributed by atoms with Crippen LogP contribution in [0.5, 0.6) is 0 Å². The van der Waals surface area contributed by atoms with Gasteiger partial charge in [0.1, 0.15) is 12.2 Å². The minimum atomic E-state index is -3.30. The van der Waals surface area contributed by atoms with Gasteiger partial charge in [0.2, 0.25) is 12.4 Å². The topological polar surface area (TPSA) is 178 Å². The first-order valence-electron chi connectivity index (χ1n) is 26.4. The van der Waals surface area contributed by atoms with Gasteiger partial charge in [-0.2, -0.15) is 0 Å². The van der Waals surface area contributed by atoms with Gasteiger partial charge in [0.15, 0.2) is 30.2 Å². The lowest BCUT2D eigenvalue weighted by molar-refractivity contribution is -0.201. The molecule has 16 heteroatoms. The lowest BCUT2D eigenvalue weighted by Gasteiger charge is -2.43. The van der Waals surface area contributed by atoms with E-state index in [1.807, 2.05) is 60.7 Å². The van der Waals surface area contributed by atoms with Crippen molar-refractivity contribution in [3.63, 3.8) is 0 Å². The Hall–Kier alpha value is -7.91. The first kappa shape index (κ1) is 55.8. The summed E-state index contributed by atoms with van der Waals surface area (Å²) in [5, 5.41) is 1.44. The SMILES string of the molecule is C#CC1(OC(=O)O[C@H]2O[C@H](CO[C@H]3O[C@H](CO[Si](c4ccccc4)(c4ccccc4)C(C)(C)C)[C@@H](OC(=O)c4ccccc4)[C@@H]3OC(=O)c3ccccc3)[C@@H](OC(=O)c3ccccc3)[C@@H]2OC(=O)c2ccccc2)CCCCC1. The summed E-state index contributed by atoms with van der Waals surface area (Å²) in [4.78, 5) is 70.3. The Morgan fingerprint density at radius 3 is 1.24 bits per heavy atom. The van der Waals surface area contributed by atoms with Crippen molar-refractivity contribution in [3.8, 4) is 12.3 Å². The van der Waals surface area contributed by atoms with E-state index in [1.165, 1.54) is 24.3 Å². The second-order valence-electron chi connectivity index (χ2n) is 20.5. The zero-order chi connectivity index (χ0) is 55.4. The van der Waals surface area contributed by atoms with E-state index < -0.39 is 105 Å². The van der Waals surface area contributed by atoms with Crippen LogP contribution >= 0.6 is 0 Å². The number of hydrogen-bond donors (Lipinski definition) is 0. The highest BCUT2D eigenvalue weighted by Gasteiger charge is 2.57. The van der Waals surface area contributed by atoms with E-state index in [2.05, 4.69) is 26.7 Å². The fourth-order valence-electron chi connectivity index (χ4n) is 10.3. The van der Waals surface area contributed by atoms with Crippen molar-refractivity contribution < 1.29 is 71.0 Å². The molecule has 2 heterocycles. The van der Waals surface area contributed by atoms with Gasteiger partial charge in [-0.15, -0.1) is 6.42 Å². The van der Waals surface area contributed by atoms with Crippen LogP contribution in [0.3, 0.4) is 0 Å². The second-order valence-corrected chi connectivity index (χ2v) is 24.8. The summed E-state index contributed by atoms with van der Waals surface area (Å²) in [6, 6.07) is 52.6. The molecule has 3 aliphatic rings. The van der Waals surface area contributed by atoms with Crippen LogP contribution in [-0.2, 0) is 47.1 Å². The van der Waals surface area contributed by atoms with Crippen molar-refractivity contribution >= 4 is 48.7 Å². The first-order valence-corrected chi connectivity index (χ1v) is 28.3. The van der Waals surface area contributed by atoms with Crippen LogP contribution in [0.1, 0.15) is 94.3 Å². The third-order valence-corrected chi connectivity index (χ3v) is 19.3. The van der Waals surface area contributed by atoms with Gasteiger partial charge in [-0.3, -0.25) is 0 Å². The van der Waals surface area contributed by atoms with Crippen LogP contribution in [0.25, 0.3) is 0 Å². The van der Waals surface area contributed by atoms with Crippen LogP contribution in [0.4, 0.5) is 4.79 Å². The quantitative estimate of drug-likeness (QED) is 0.0344. The Morgan fingerprint density at radius 2 is 0.848 bits per heavy atom. The molecular weight excluding hydrogens is 1020 g/mol. The highest BCUT2D eigenvalue weighted by molar-refractivity contribution is 6.99. The maximum absolute atomic E-state index is 14.2. The fraction of sp³-hybridized carbons (Fsp3) is 0.317. The number of benzene rings is 6. The fourth-order valence-corrected chi connectivity index (χ4v) is 14.9. The lowest BCUT2D eigenvalue weighted by atomic mass is 9.85. The maximum Gasteiger partial charge on any atom is 0.512 e. The highest BCUT2D eigenvalue weighted by Crippen LogP contribution is 2.40. The van der Waals surface area contributed by atoms with Crippen molar-refractivity contribution in [2.75, 3.05) is 13.2 Å². The van der Waals surface area contributed by atoms with Gasteiger partial charge in [-0.05, 0) is 89.6 Å². The summed E-state index contributed by atoms with van der Waals surface area (Å²) in [5.41, 5.74) is -0.577. The van der Waals surface area contributed by atoms with E-state index in [1.54, 1.807) is 97.1 Å². The Morgan fingerprint density at radius 1 is 0.494 bits per heavy atom. The van der Waals surface area contributed by atoms with E-state index >= 15 is 0 Å². The molecule has 408 valence electrons. The molecule has 0 amide bonds. The van der Waals surface area contributed by atoms with Gasteiger partial charge in [0.25, 0.3) is 8.32 Å². The largest absolute Gasteiger partial charge is 0.512 e. The van der Waals surface area contributed by atoms with Gasteiger partial charge in [-0.25, -0.2) is 24.0 Å². The molecular formula is C63H62O15Si. The summed E-state index contributed by atoms with van der Waals surface area (Å²) in [6.45, 7) is 5.60. The predicted molar refractivity (Wildman–Crippen MR) is 292 cm³/mol. The molecule has 1 saturated carbocycles. The monoisotopic (exact) mass is 1090 g/mol. The maximum atomic E-state index is 14.2. The van der Waals surface area contributed by atoms with Gasteiger partial charge in [-0.1, -0.05) is 167 Å². The van der Waals surface area contributed by atoms with Crippen LogP contribution < -0.4 is 10.4 Å². The molecule has 0 bridgehead atoms. The minimum absolute atomic E-state index is 0.134. The Balaban J connectivity index is 1.08. The Bertz CT molecular complexity index is 3000. The van der Waals surface area contributed by atoms with E-state index in [0.29, 0.717) is 12.8 Å². The zero-order valence-corrected chi connectivity index (χ0v) is 45.1. The molecule has 0 N–H and O–H groups in total. The summed E-state index contributed by atoms with van der Waals surface area (Å²) >= 11 is 0. The normalized spacial score (nSPS) is 22.6. The van der Waals surface area contributed by atoms with E-state index in [0.717, 1.165) is 29.6 Å².